The van der Waals surface area contributed by atoms with Crippen LogP contribution in [0.5, 0.6) is 0 Å². The van der Waals surface area contributed by atoms with Crippen LogP contribution in [0.25, 0.3) is 0 Å². The molecule has 0 saturated heterocycles. The maximum Gasteiger partial charge on any atom is 0.317 e. The molecule has 0 fully saturated rings. The molecule has 0 bridgehead atoms. The Hall–Kier alpha value is -2.20. The Kier molecular flexibility index (Phi) is 8.72. The molecule has 0 unspecified atom stereocenters. The smallest absolute Gasteiger partial charge is 0.317 e. The highest BCUT2D eigenvalue weighted by atomic mass is 16.4. The molecule has 0 aromatic heterocycles. The van der Waals surface area contributed by atoms with E-state index in [2.05, 4.69) is 10.6 Å². The van der Waals surface area contributed by atoms with Gasteiger partial charge >= 0.3 is 23.9 Å². The summed E-state index contributed by atoms with van der Waals surface area (Å²) in [7, 11) is 0. The van der Waals surface area contributed by atoms with Crippen molar-refractivity contribution >= 4 is 23.9 Å². The van der Waals surface area contributed by atoms with Crippen LogP contribution in [-0.2, 0) is 19.2 Å². The third-order valence-electron chi connectivity index (χ3n) is 2.88. The molecule has 0 aliphatic carbocycles. The van der Waals surface area contributed by atoms with E-state index in [4.69, 9.17) is 20.4 Å². The highest BCUT2D eigenvalue weighted by Crippen LogP contribution is 2.22. The monoisotopic (exact) mass is 320 g/mol. The highest BCUT2D eigenvalue weighted by Gasteiger charge is 2.35. The summed E-state index contributed by atoms with van der Waals surface area (Å²) in [6, 6.07) is 0. The zero-order valence-corrected chi connectivity index (χ0v) is 11.9. The van der Waals surface area contributed by atoms with Crippen LogP contribution in [0.4, 0.5) is 0 Å². The van der Waals surface area contributed by atoms with Gasteiger partial charge in [0.15, 0.2) is 0 Å². The van der Waals surface area contributed by atoms with Gasteiger partial charge in [-0.1, -0.05) is 0 Å². The number of carboxylic acid groups (broad SMARTS) is 4. The van der Waals surface area contributed by atoms with Crippen LogP contribution in [0, 0.1) is 0 Å². The molecule has 10 heteroatoms. The summed E-state index contributed by atoms with van der Waals surface area (Å²) >= 11 is 0. The van der Waals surface area contributed by atoms with Gasteiger partial charge in [-0.3, -0.25) is 19.2 Å². The van der Waals surface area contributed by atoms with E-state index in [1.54, 1.807) is 0 Å². The molecule has 0 heterocycles. The van der Waals surface area contributed by atoms with Crippen LogP contribution in [0.15, 0.2) is 0 Å². The van der Waals surface area contributed by atoms with Crippen molar-refractivity contribution in [1.82, 2.24) is 10.6 Å². The second-order valence-electron chi connectivity index (χ2n) is 4.84. The quantitative estimate of drug-likeness (QED) is 0.226. The van der Waals surface area contributed by atoms with Crippen molar-refractivity contribution in [2.45, 2.75) is 31.2 Å². The predicted molar refractivity (Wildman–Crippen MR) is 72.6 cm³/mol. The molecule has 0 amide bonds. The van der Waals surface area contributed by atoms with Crippen LogP contribution >= 0.6 is 0 Å². The van der Waals surface area contributed by atoms with Gasteiger partial charge in [0, 0.05) is 5.54 Å². The molecule has 0 saturated carbocycles. The van der Waals surface area contributed by atoms with Gasteiger partial charge in [0.1, 0.15) is 0 Å². The minimum absolute atomic E-state index is 0.0749. The number of rotatable bonds is 13. The van der Waals surface area contributed by atoms with Gasteiger partial charge in [-0.25, -0.2) is 0 Å². The lowest BCUT2D eigenvalue weighted by molar-refractivity contribution is -0.144. The van der Waals surface area contributed by atoms with Crippen LogP contribution in [0.2, 0.25) is 0 Å². The molecule has 10 nitrogen and oxygen atoms in total. The summed E-state index contributed by atoms with van der Waals surface area (Å²) in [5, 5.41) is 40.1. The SMILES string of the molecule is O=C(O)CNCCCC(CC(=O)O)(CC(=O)O)NCC(=O)O. The fourth-order valence-electron chi connectivity index (χ4n) is 2.04. The molecule has 0 aliphatic heterocycles. The van der Waals surface area contributed by atoms with E-state index < -0.39 is 48.8 Å². The van der Waals surface area contributed by atoms with Gasteiger partial charge in [-0.05, 0) is 19.4 Å². The van der Waals surface area contributed by atoms with Gasteiger partial charge < -0.3 is 31.1 Å². The molecular weight excluding hydrogens is 300 g/mol. The number of hydrogen-bond donors (Lipinski definition) is 6. The molecule has 0 aromatic rings. The number of nitrogens with one attached hydrogen (secondary N) is 2. The summed E-state index contributed by atoms with van der Waals surface area (Å²) in [4.78, 5) is 42.9. The standard InChI is InChI=1S/C12H20N2O8/c15-8(16)4-12(5-9(17)18,14-7-11(21)22)2-1-3-13-6-10(19)20/h13-14H,1-7H2,(H,15,16)(H,17,18)(H,19,20)(H,21,22). The molecular formula is C12H20N2O8. The average molecular weight is 320 g/mol. The lowest BCUT2D eigenvalue weighted by Crippen LogP contribution is -2.50. The molecule has 0 aliphatic rings. The molecule has 0 atom stereocenters. The summed E-state index contributed by atoms with van der Waals surface area (Å²) in [5.74, 6) is -4.79. The van der Waals surface area contributed by atoms with Crippen molar-refractivity contribution < 1.29 is 39.6 Å². The van der Waals surface area contributed by atoms with Crippen molar-refractivity contribution in [3.63, 3.8) is 0 Å². The minimum Gasteiger partial charge on any atom is -0.481 e. The Morgan fingerprint density at radius 2 is 1.27 bits per heavy atom. The highest BCUT2D eigenvalue weighted by molar-refractivity contribution is 5.74. The van der Waals surface area contributed by atoms with Crippen LogP contribution in [0.3, 0.4) is 0 Å². The predicted octanol–water partition coefficient (Wildman–Crippen LogP) is -1.20. The molecule has 0 radical (unpaired) electrons. The first-order valence-corrected chi connectivity index (χ1v) is 6.50. The molecule has 22 heavy (non-hydrogen) atoms. The Morgan fingerprint density at radius 1 is 0.773 bits per heavy atom. The minimum atomic E-state index is -1.40. The van der Waals surface area contributed by atoms with Gasteiger partial charge in [0.05, 0.1) is 25.9 Å². The third-order valence-corrected chi connectivity index (χ3v) is 2.88. The normalized spacial score (nSPS) is 11.1. The van der Waals surface area contributed by atoms with E-state index in [-0.39, 0.29) is 19.5 Å². The van der Waals surface area contributed by atoms with Crippen molar-refractivity contribution in [3.05, 3.63) is 0 Å². The van der Waals surface area contributed by atoms with E-state index in [1.807, 2.05) is 0 Å². The topological polar surface area (TPSA) is 173 Å². The van der Waals surface area contributed by atoms with Crippen LogP contribution in [-0.4, -0.2) is 69.5 Å². The summed E-state index contributed by atoms with van der Waals surface area (Å²) in [6.07, 6.45) is -0.733. The largest absolute Gasteiger partial charge is 0.481 e. The fourth-order valence-corrected chi connectivity index (χ4v) is 2.04. The summed E-state index contributed by atoms with van der Waals surface area (Å²) < 4.78 is 0. The summed E-state index contributed by atoms with van der Waals surface area (Å²) in [5.41, 5.74) is -1.40. The first-order valence-electron chi connectivity index (χ1n) is 6.50. The number of carboxylic acids is 4. The number of carbonyl (C=O) groups is 4. The van der Waals surface area contributed by atoms with E-state index in [9.17, 15) is 19.2 Å². The summed E-state index contributed by atoms with van der Waals surface area (Å²) in [6.45, 7) is -0.599. The Labute approximate surface area is 126 Å². The van der Waals surface area contributed by atoms with Crippen LogP contribution < -0.4 is 10.6 Å². The molecule has 0 spiro atoms. The lowest BCUT2D eigenvalue weighted by atomic mass is 9.86. The van der Waals surface area contributed by atoms with E-state index in [0.717, 1.165) is 0 Å². The Balaban J connectivity index is 4.75. The van der Waals surface area contributed by atoms with E-state index in [0.29, 0.717) is 6.42 Å². The van der Waals surface area contributed by atoms with E-state index >= 15 is 0 Å². The fraction of sp³-hybridized carbons (Fsp3) is 0.667. The van der Waals surface area contributed by atoms with Crippen molar-refractivity contribution in [2.75, 3.05) is 19.6 Å². The van der Waals surface area contributed by atoms with Gasteiger partial charge in [0.25, 0.3) is 0 Å². The zero-order chi connectivity index (χ0) is 17.2. The average Bonchev–Trinajstić information content (AvgIpc) is 2.34. The second-order valence-corrected chi connectivity index (χ2v) is 4.84. The Morgan fingerprint density at radius 3 is 1.68 bits per heavy atom. The Bertz CT molecular complexity index is 407. The molecule has 6 N–H and O–H groups in total. The van der Waals surface area contributed by atoms with Crippen molar-refractivity contribution in [1.29, 1.82) is 0 Å². The van der Waals surface area contributed by atoms with E-state index in [1.165, 1.54) is 0 Å². The lowest BCUT2D eigenvalue weighted by Gasteiger charge is -2.32. The maximum atomic E-state index is 10.9. The molecule has 0 rings (SSSR count). The zero-order valence-electron chi connectivity index (χ0n) is 11.9. The van der Waals surface area contributed by atoms with Gasteiger partial charge in [-0.2, -0.15) is 0 Å². The maximum absolute atomic E-state index is 10.9. The second kappa shape index (κ2) is 9.68. The third kappa shape index (κ3) is 9.66. The first kappa shape index (κ1) is 19.8. The van der Waals surface area contributed by atoms with Crippen molar-refractivity contribution in [2.24, 2.45) is 0 Å². The first-order chi connectivity index (χ1) is 10.2. The van der Waals surface area contributed by atoms with Gasteiger partial charge in [0.2, 0.25) is 0 Å². The van der Waals surface area contributed by atoms with Crippen LogP contribution in [0.1, 0.15) is 25.7 Å². The van der Waals surface area contributed by atoms with Gasteiger partial charge in [-0.15, -0.1) is 0 Å². The molecule has 126 valence electrons. The molecule has 0 aromatic carbocycles. The van der Waals surface area contributed by atoms with Crippen molar-refractivity contribution in [3.8, 4) is 0 Å². The number of aliphatic carboxylic acids is 4. The number of hydrogen-bond acceptors (Lipinski definition) is 6.